The molecule has 1 aromatic heterocycles. The zero-order chi connectivity index (χ0) is 12.6. The SMILES string of the molecule is CC.CC.CCc1nc2ccc(F)cc2s1. The predicted molar refractivity (Wildman–Crippen MR) is 71.7 cm³/mol. The molecular formula is C13H20FNS. The smallest absolute Gasteiger partial charge is 0.124 e. The van der Waals surface area contributed by atoms with Gasteiger partial charge in [-0.15, -0.1) is 11.3 Å². The van der Waals surface area contributed by atoms with Gasteiger partial charge < -0.3 is 0 Å². The van der Waals surface area contributed by atoms with Crippen LogP contribution in [0.4, 0.5) is 4.39 Å². The van der Waals surface area contributed by atoms with Gasteiger partial charge in [-0.25, -0.2) is 9.37 Å². The summed E-state index contributed by atoms with van der Waals surface area (Å²) < 4.78 is 13.7. The third kappa shape index (κ3) is 3.89. The van der Waals surface area contributed by atoms with Crippen LogP contribution in [0.15, 0.2) is 18.2 Å². The standard InChI is InChI=1S/C9H8FNS.2C2H6/c1-2-9-11-7-4-3-6(10)5-8(7)12-9;2*1-2/h3-5H,2H2,1H3;2*1-2H3. The maximum Gasteiger partial charge on any atom is 0.124 e. The van der Waals surface area contributed by atoms with Gasteiger partial charge in [-0.3, -0.25) is 0 Å². The molecule has 1 aromatic carbocycles. The van der Waals surface area contributed by atoms with E-state index in [-0.39, 0.29) is 5.82 Å². The van der Waals surface area contributed by atoms with Crippen LogP contribution in [0.25, 0.3) is 10.2 Å². The first-order valence-electron chi connectivity index (χ1n) is 5.84. The number of halogens is 1. The molecule has 0 fully saturated rings. The number of hydrogen-bond donors (Lipinski definition) is 0. The van der Waals surface area contributed by atoms with Crippen molar-refractivity contribution in [1.29, 1.82) is 0 Å². The van der Waals surface area contributed by atoms with Crippen molar-refractivity contribution in [2.45, 2.75) is 41.0 Å². The van der Waals surface area contributed by atoms with Crippen LogP contribution < -0.4 is 0 Å². The summed E-state index contributed by atoms with van der Waals surface area (Å²) in [4.78, 5) is 4.32. The van der Waals surface area contributed by atoms with E-state index < -0.39 is 0 Å². The normalized spacial score (nSPS) is 8.88. The van der Waals surface area contributed by atoms with E-state index in [9.17, 15) is 4.39 Å². The average Bonchev–Trinajstić information content (AvgIpc) is 2.76. The molecule has 0 N–H and O–H groups in total. The van der Waals surface area contributed by atoms with Crippen LogP contribution >= 0.6 is 11.3 Å². The first kappa shape index (κ1) is 15.0. The summed E-state index contributed by atoms with van der Waals surface area (Å²) in [5.74, 6) is -0.186. The Morgan fingerprint density at radius 2 is 1.81 bits per heavy atom. The minimum Gasteiger partial charge on any atom is -0.241 e. The molecule has 0 atom stereocenters. The van der Waals surface area contributed by atoms with E-state index in [1.807, 2.05) is 34.6 Å². The second-order valence-electron chi connectivity index (χ2n) is 2.57. The highest BCUT2D eigenvalue weighted by atomic mass is 32.1. The van der Waals surface area contributed by atoms with Crippen molar-refractivity contribution in [3.05, 3.63) is 29.0 Å². The Morgan fingerprint density at radius 3 is 2.38 bits per heavy atom. The first-order chi connectivity index (χ1) is 7.79. The summed E-state index contributed by atoms with van der Waals surface area (Å²) in [6.45, 7) is 10.0. The minimum atomic E-state index is -0.186. The van der Waals surface area contributed by atoms with Crippen molar-refractivity contribution in [3.8, 4) is 0 Å². The van der Waals surface area contributed by atoms with E-state index in [0.29, 0.717) is 0 Å². The number of fused-ring (bicyclic) bond motifs is 1. The van der Waals surface area contributed by atoms with E-state index in [1.165, 1.54) is 12.1 Å². The Balaban J connectivity index is 0.000000509. The molecular weight excluding hydrogens is 221 g/mol. The second kappa shape index (κ2) is 8.22. The third-order valence-corrected chi connectivity index (χ3v) is 2.86. The molecule has 1 heterocycles. The van der Waals surface area contributed by atoms with E-state index in [2.05, 4.69) is 4.98 Å². The molecule has 1 nitrogen and oxygen atoms in total. The van der Waals surface area contributed by atoms with Gasteiger partial charge in [0.25, 0.3) is 0 Å². The molecule has 90 valence electrons. The van der Waals surface area contributed by atoms with E-state index >= 15 is 0 Å². The summed E-state index contributed by atoms with van der Waals surface area (Å²) in [6, 6.07) is 4.70. The van der Waals surface area contributed by atoms with Crippen LogP contribution in [0, 0.1) is 5.82 Å². The Kier molecular flexibility index (Phi) is 7.73. The fourth-order valence-electron chi connectivity index (χ4n) is 1.10. The van der Waals surface area contributed by atoms with Gasteiger partial charge in [0.05, 0.1) is 15.2 Å². The molecule has 0 spiro atoms. The van der Waals surface area contributed by atoms with E-state index in [1.54, 1.807) is 17.4 Å². The fourth-order valence-corrected chi connectivity index (χ4v) is 2.03. The quantitative estimate of drug-likeness (QED) is 0.680. The Labute approximate surface area is 101 Å². The van der Waals surface area contributed by atoms with Crippen molar-refractivity contribution >= 4 is 21.6 Å². The zero-order valence-corrected chi connectivity index (χ0v) is 11.5. The molecule has 0 aliphatic heterocycles. The molecule has 0 aliphatic carbocycles. The van der Waals surface area contributed by atoms with Crippen molar-refractivity contribution in [2.75, 3.05) is 0 Å². The van der Waals surface area contributed by atoms with E-state index in [0.717, 1.165) is 21.6 Å². The summed E-state index contributed by atoms with van der Waals surface area (Å²) in [6.07, 6.45) is 0.918. The maximum atomic E-state index is 12.7. The number of rotatable bonds is 1. The highest BCUT2D eigenvalue weighted by Crippen LogP contribution is 2.22. The topological polar surface area (TPSA) is 12.9 Å². The van der Waals surface area contributed by atoms with Gasteiger partial charge in [0.15, 0.2) is 0 Å². The number of nitrogens with zero attached hydrogens (tertiary/aromatic N) is 1. The van der Waals surface area contributed by atoms with Gasteiger partial charge in [-0.2, -0.15) is 0 Å². The summed E-state index contributed by atoms with van der Waals surface area (Å²) in [7, 11) is 0. The highest BCUT2D eigenvalue weighted by Gasteiger charge is 2.01. The van der Waals surface area contributed by atoms with Gasteiger partial charge >= 0.3 is 0 Å². The largest absolute Gasteiger partial charge is 0.241 e. The Hall–Kier alpha value is -0.960. The van der Waals surface area contributed by atoms with E-state index in [4.69, 9.17) is 0 Å². The molecule has 0 saturated heterocycles. The average molecular weight is 241 g/mol. The lowest BCUT2D eigenvalue weighted by molar-refractivity contribution is 0.630. The monoisotopic (exact) mass is 241 g/mol. The lowest BCUT2D eigenvalue weighted by Gasteiger charge is -1.85. The second-order valence-corrected chi connectivity index (χ2v) is 3.69. The lowest BCUT2D eigenvalue weighted by atomic mass is 10.3. The molecule has 0 radical (unpaired) electrons. The highest BCUT2D eigenvalue weighted by molar-refractivity contribution is 7.18. The minimum absolute atomic E-state index is 0.186. The van der Waals surface area contributed by atoms with Crippen molar-refractivity contribution in [2.24, 2.45) is 0 Å². The van der Waals surface area contributed by atoms with Crippen LogP contribution in [0.1, 0.15) is 39.6 Å². The van der Waals surface area contributed by atoms with Crippen molar-refractivity contribution in [3.63, 3.8) is 0 Å². The molecule has 16 heavy (non-hydrogen) atoms. The van der Waals surface area contributed by atoms with Gasteiger partial charge in [0.2, 0.25) is 0 Å². The number of aromatic nitrogens is 1. The van der Waals surface area contributed by atoms with Crippen molar-refractivity contribution in [1.82, 2.24) is 4.98 Å². The summed E-state index contributed by atoms with van der Waals surface area (Å²) in [5.41, 5.74) is 0.901. The molecule has 0 saturated carbocycles. The summed E-state index contributed by atoms with van der Waals surface area (Å²) in [5, 5.41) is 1.07. The van der Waals surface area contributed by atoms with Crippen LogP contribution in [0.3, 0.4) is 0 Å². The first-order valence-corrected chi connectivity index (χ1v) is 6.66. The van der Waals surface area contributed by atoms with Gasteiger partial charge in [0, 0.05) is 0 Å². The molecule has 0 bridgehead atoms. The molecule has 2 aromatic rings. The molecule has 3 heteroatoms. The molecule has 0 aliphatic rings. The predicted octanol–water partition coefficient (Wildman–Crippen LogP) is 5.05. The van der Waals surface area contributed by atoms with Gasteiger partial charge in [0.1, 0.15) is 5.82 Å². The Morgan fingerprint density at radius 1 is 1.19 bits per heavy atom. The van der Waals surface area contributed by atoms with Gasteiger partial charge in [-0.05, 0) is 24.6 Å². The zero-order valence-electron chi connectivity index (χ0n) is 10.7. The Bertz CT molecular complexity index is 409. The summed E-state index contributed by atoms with van der Waals surface area (Å²) >= 11 is 1.56. The van der Waals surface area contributed by atoms with Crippen LogP contribution in [0.5, 0.6) is 0 Å². The van der Waals surface area contributed by atoms with Gasteiger partial charge in [-0.1, -0.05) is 34.6 Å². The van der Waals surface area contributed by atoms with Crippen molar-refractivity contribution < 1.29 is 4.39 Å². The number of aryl methyl sites for hydroxylation is 1. The number of hydrogen-bond acceptors (Lipinski definition) is 2. The lowest BCUT2D eigenvalue weighted by Crippen LogP contribution is -1.74. The number of thiazole rings is 1. The third-order valence-electron chi connectivity index (χ3n) is 1.70. The molecule has 2 rings (SSSR count). The maximum absolute atomic E-state index is 12.7. The van der Waals surface area contributed by atoms with Crippen LogP contribution in [-0.4, -0.2) is 4.98 Å². The molecule has 0 amide bonds. The van der Waals surface area contributed by atoms with Crippen LogP contribution in [-0.2, 0) is 6.42 Å². The fraction of sp³-hybridized carbons (Fsp3) is 0.462. The number of benzene rings is 1. The van der Waals surface area contributed by atoms with Crippen LogP contribution in [0.2, 0.25) is 0 Å². The molecule has 0 unspecified atom stereocenters.